The second-order valence-corrected chi connectivity index (χ2v) is 6.68. The minimum atomic E-state index is -0.393. The van der Waals surface area contributed by atoms with E-state index in [0.717, 1.165) is 23.1 Å². The highest BCUT2D eigenvalue weighted by molar-refractivity contribution is 5.74. The lowest BCUT2D eigenvalue weighted by Gasteiger charge is -2.31. The van der Waals surface area contributed by atoms with Crippen molar-refractivity contribution in [2.75, 3.05) is 26.8 Å². The van der Waals surface area contributed by atoms with E-state index in [2.05, 4.69) is 4.98 Å². The molecule has 0 saturated carbocycles. The van der Waals surface area contributed by atoms with Crippen LogP contribution in [-0.4, -0.2) is 51.7 Å². The number of amides is 1. The number of carbonyl (C=O) groups excluding carboxylic acids is 1. The summed E-state index contributed by atoms with van der Waals surface area (Å²) >= 11 is 0. The van der Waals surface area contributed by atoms with Crippen LogP contribution in [0.25, 0.3) is 11.0 Å². The molecule has 3 heterocycles. The number of fused-ring (bicyclic) bond motifs is 1. The van der Waals surface area contributed by atoms with Gasteiger partial charge in [-0.15, -0.1) is 0 Å². The Balaban J connectivity index is 2.02. The highest BCUT2D eigenvalue weighted by Gasteiger charge is 2.24. The number of aromatic nitrogens is 3. The van der Waals surface area contributed by atoms with Crippen LogP contribution in [0.5, 0.6) is 0 Å². The standard InChI is InChI=1S/C18H24N4O4/c1-12(23)21-8-6-13(7-9-21)15-5-4-14-16(19-15)22(10-11-26-3)18(25)20(2)17(14)24/h4-5,13H,6-11H2,1-3H3. The van der Waals surface area contributed by atoms with Crippen LogP contribution < -0.4 is 11.2 Å². The van der Waals surface area contributed by atoms with Crippen molar-refractivity contribution in [1.29, 1.82) is 0 Å². The third-order valence-electron chi connectivity index (χ3n) is 5.08. The van der Waals surface area contributed by atoms with Crippen molar-refractivity contribution in [3.8, 4) is 0 Å². The molecule has 140 valence electrons. The summed E-state index contributed by atoms with van der Waals surface area (Å²) in [5.41, 5.74) is 0.529. The van der Waals surface area contributed by atoms with Crippen LogP contribution in [0.3, 0.4) is 0 Å². The molecule has 1 saturated heterocycles. The smallest absolute Gasteiger partial charge is 0.332 e. The van der Waals surface area contributed by atoms with Gasteiger partial charge in [-0.3, -0.25) is 18.7 Å². The zero-order valence-corrected chi connectivity index (χ0v) is 15.4. The molecule has 0 N–H and O–H groups in total. The van der Waals surface area contributed by atoms with Crippen LogP contribution in [0.15, 0.2) is 21.7 Å². The number of ether oxygens (including phenoxy) is 1. The van der Waals surface area contributed by atoms with E-state index in [0.29, 0.717) is 37.3 Å². The summed E-state index contributed by atoms with van der Waals surface area (Å²) in [4.78, 5) is 42.9. The molecule has 0 aliphatic carbocycles. The van der Waals surface area contributed by atoms with Crippen LogP contribution in [0.2, 0.25) is 0 Å². The first-order valence-electron chi connectivity index (χ1n) is 8.79. The van der Waals surface area contributed by atoms with E-state index >= 15 is 0 Å². The molecule has 2 aromatic heterocycles. The maximum absolute atomic E-state index is 12.5. The van der Waals surface area contributed by atoms with Crippen molar-refractivity contribution in [3.05, 3.63) is 38.7 Å². The van der Waals surface area contributed by atoms with E-state index in [1.165, 1.54) is 11.6 Å². The average molecular weight is 360 g/mol. The highest BCUT2D eigenvalue weighted by Crippen LogP contribution is 2.27. The molecule has 8 nitrogen and oxygen atoms in total. The van der Waals surface area contributed by atoms with Gasteiger partial charge in [0.25, 0.3) is 5.56 Å². The Bertz CT molecular complexity index is 939. The van der Waals surface area contributed by atoms with E-state index in [1.807, 2.05) is 11.0 Å². The number of likely N-dealkylation sites (tertiary alicyclic amines) is 1. The molecule has 0 atom stereocenters. The van der Waals surface area contributed by atoms with Crippen molar-refractivity contribution in [2.45, 2.75) is 32.2 Å². The first-order valence-corrected chi connectivity index (χ1v) is 8.79. The molecule has 8 heteroatoms. The van der Waals surface area contributed by atoms with Crippen LogP contribution in [0.4, 0.5) is 0 Å². The van der Waals surface area contributed by atoms with Crippen molar-refractivity contribution in [1.82, 2.24) is 19.0 Å². The van der Waals surface area contributed by atoms with Crippen molar-refractivity contribution in [3.63, 3.8) is 0 Å². The summed E-state index contributed by atoms with van der Waals surface area (Å²) in [7, 11) is 3.04. The van der Waals surface area contributed by atoms with E-state index in [1.54, 1.807) is 20.1 Å². The van der Waals surface area contributed by atoms with E-state index < -0.39 is 5.69 Å². The number of methoxy groups -OCH3 is 1. The van der Waals surface area contributed by atoms with Gasteiger partial charge in [0, 0.05) is 45.8 Å². The van der Waals surface area contributed by atoms with Gasteiger partial charge in [-0.05, 0) is 25.0 Å². The Labute approximate surface area is 151 Å². The largest absolute Gasteiger partial charge is 0.383 e. The summed E-state index contributed by atoms with van der Waals surface area (Å²) in [5.74, 6) is 0.303. The third-order valence-corrected chi connectivity index (χ3v) is 5.08. The molecular formula is C18H24N4O4. The predicted octanol–water partition coefficient (Wildman–Crippen LogP) is 0.468. The summed E-state index contributed by atoms with van der Waals surface area (Å²) < 4.78 is 7.68. The van der Waals surface area contributed by atoms with Crippen molar-refractivity contribution in [2.24, 2.45) is 7.05 Å². The number of hydrogen-bond acceptors (Lipinski definition) is 5. The van der Waals surface area contributed by atoms with Crippen LogP contribution in [0.1, 0.15) is 31.4 Å². The van der Waals surface area contributed by atoms with Gasteiger partial charge < -0.3 is 9.64 Å². The topological polar surface area (TPSA) is 86.4 Å². The Morgan fingerprint density at radius 1 is 1.27 bits per heavy atom. The molecule has 3 rings (SSSR count). The maximum atomic E-state index is 12.5. The summed E-state index contributed by atoms with van der Waals surface area (Å²) in [6, 6.07) is 3.61. The summed E-state index contributed by atoms with van der Waals surface area (Å²) in [6.45, 7) is 3.67. The molecule has 1 aliphatic heterocycles. The number of hydrogen-bond donors (Lipinski definition) is 0. The molecule has 1 amide bonds. The lowest BCUT2D eigenvalue weighted by molar-refractivity contribution is -0.129. The number of piperidine rings is 1. The monoisotopic (exact) mass is 360 g/mol. The van der Waals surface area contributed by atoms with E-state index in [4.69, 9.17) is 4.74 Å². The van der Waals surface area contributed by atoms with Crippen LogP contribution >= 0.6 is 0 Å². The van der Waals surface area contributed by atoms with Gasteiger partial charge in [0.05, 0.1) is 18.5 Å². The Kier molecular flexibility index (Phi) is 5.22. The molecule has 2 aromatic rings. The minimum absolute atomic E-state index is 0.0896. The fourth-order valence-corrected chi connectivity index (χ4v) is 3.48. The molecule has 0 aromatic carbocycles. The molecule has 26 heavy (non-hydrogen) atoms. The van der Waals surface area contributed by atoms with Gasteiger partial charge in [0.15, 0.2) is 0 Å². The minimum Gasteiger partial charge on any atom is -0.383 e. The second-order valence-electron chi connectivity index (χ2n) is 6.68. The molecular weight excluding hydrogens is 336 g/mol. The third kappa shape index (κ3) is 3.29. The number of rotatable bonds is 4. The van der Waals surface area contributed by atoms with E-state index in [9.17, 15) is 14.4 Å². The molecule has 1 aliphatic rings. The molecule has 0 unspecified atom stereocenters. The zero-order chi connectivity index (χ0) is 18.8. The SMILES string of the molecule is COCCn1c(=O)n(C)c(=O)c2ccc(C3CCN(C(C)=O)CC3)nc21. The first kappa shape index (κ1) is 18.3. The summed E-state index contributed by atoms with van der Waals surface area (Å²) in [5, 5.41) is 0.424. The van der Waals surface area contributed by atoms with Gasteiger partial charge in [0.1, 0.15) is 5.65 Å². The van der Waals surface area contributed by atoms with Gasteiger partial charge >= 0.3 is 5.69 Å². The van der Waals surface area contributed by atoms with Gasteiger partial charge in [-0.2, -0.15) is 0 Å². The lowest BCUT2D eigenvalue weighted by atomic mass is 9.93. The normalized spacial score (nSPS) is 15.6. The van der Waals surface area contributed by atoms with Gasteiger partial charge in [-0.1, -0.05) is 0 Å². The molecule has 0 spiro atoms. The predicted molar refractivity (Wildman–Crippen MR) is 97.3 cm³/mol. The Morgan fingerprint density at radius 3 is 2.58 bits per heavy atom. The van der Waals surface area contributed by atoms with E-state index in [-0.39, 0.29) is 17.4 Å². The van der Waals surface area contributed by atoms with Gasteiger partial charge in [-0.25, -0.2) is 9.78 Å². The highest BCUT2D eigenvalue weighted by atomic mass is 16.5. The van der Waals surface area contributed by atoms with Crippen molar-refractivity contribution < 1.29 is 9.53 Å². The van der Waals surface area contributed by atoms with Crippen molar-refractivity contribution >= 4 is 16.9 Å². The Hall–Kier alpha value is -2.48. The number of carbonyl (C=O) groups is 1. The molecule has 0 bridgehead atoms. The quantitative estimate of drug-likeness (QED) is 0.791. The lowest BCUT2D eigenvalue weighted by Crippen LogP contribution is -2.39. The fourth-order valence-electron chi connectivity index (χ4n) is 3.48. The molecule has 0 radical (unpaired) electrons. The van der Waals surface area contributed by atoms with Gasteiger partial charge in [0.2, 0.25) is 5.91 Å². The first-order chi connectivity index (χ1) is 12.4. The van der Waals surface area contributed by atoms with Crippen LogP contribution in [0, 0.1) is 0 Å². The number of nitrogens with zero attached hydrogens (tertiary/aromatic N) is 4. The number of pyridine rings is 1. The molecule has 1 fully saturated rings. The zero-order valence-electron chi connectivity index (χ0n) is 15.4. The second kappa shape index (κ2) is 7.41. The summed E-state index contributed by atoms with van der Waals surface area (Å²) in [6.07, 6.45) is 1.65. The average Bonchev–Trinajstić information content (AvgIpc) is 2.66. The fraction of sp³-hybridized carbons (Fsp3) is 0.556. The maximum Gasteiger partial charge on any atom is 0.332 e. The Morgan fingerprint density at radius 2 is 1.96 bits per heavy atom. The van der Waals surface area contributed by atoms with Crippen LogP contribution in [-0.2, 0) is 23.1 Å².